The van der Waals surface area contributed by atoms with Gasteiger partial charge in [0.25, 0.3) is 0 Å². The van der Waals surface area contributed by atoms with Crippen molar-refractivity contribution in [3.8, 4) is 0 Å². The third-order valence-electron chi connectivity index (χ3n) is 3.90. The number of rotatable bonds is 2. The molecule has 0 atom stereocenters. The van der Waals surface area contributed by atoms with Gasteiger partial charge in [0.2, 0.25) is 15.9 Å². The van der Waals surface area contributed by atoms with Crippen LogP contribution in [0, 0.1) is 0 Å². The summed E-state index contributed by atoms with van der Waals surface area (Å²) in [5.74, 6) is -0.0196. The van der Waals surface area contributed by atoms with Crippen LogP contribution in [0.25, 0.3) is 0 Å². The van der Waals surface area contributed by atoms with Gasteiger partial charge in [-0.1, -0.05) is 0 Å². The maximum absolute atomic E-state index is 12.6. The van der Waals surface area contributed by atoms with E-state index in [1.54, 1.807) is 23.1 Å². The van der Waals surface area contributed by atoms with Crippen molar-refractivity contribution >= 4 is 21.6 Å². The summed E-state index contributed by atoms with van der Waals surface area (Å²) in [6.07, 6.45) is 1.40. The molecule has 2 heterocycles. The summed E-state index contributed by atoms with van der Waals surface area (Å²) in [6, 6.07) is 4.98. The van der Waals surface area contributed by atoms with Crippen LogP contribution in [0.15, 0.2) is 23.1 Å². The average molecular weight is 310 g/mol. The van der Waals surface area contributed by atoms with Crippen LogP contribution in [0.1, 0.15) is 18.9 Å². The maximum atomic E-state index is 12.6. The van der Waals surface area contributed by atoms with Crippen LogP contribution < -0.4 is 4.90 Å². The van der Waals surface area contributed by atoms with Gasteiger partial charge in [-0.05, 0) is 36.6 Å². The van der Waals surface area contributed by atoms with Gasteiger partial charge in [0.15, 0.2) is 0 Å². The molecule has 7 heteroatoms. The predicted molar refractivity (Wildman–Crippen MR) is 77.5 cm³/mol. The van der Waals surface area contributed by atoms with E-state index in [0.29, 0.717) is 32.5 Å². The standard InChI is InChI=1S/C14H18N2O4S/c1-11(17)16-7-5-12-9-13(3-4-14(12)16)21(18,19)15-6-2-8-20-10-15/h3-4,9H,2,5-8,10H2,1H3. The Morgan fingerprint density at radius 3 is 2.76 bits per heavy atom. The number of ether oxygens (including phenoxy) is 1. The van der Waals surface area contributed by atoms with Crippen molar-refractivity contribution in [3.05, 3.63) is 23.8 Å². The second-order valence-corrected chi connectivity index (χ2v) is 7.22. The van der Waals surface area contributed by atoms with Gasteiger partial charge < -0.3 is 9.64 Å². The Morgan fingerprint density at radius 2 is 2.10 bits per heavy atom. The first-order valence-electron chi connectivity index (χ1n) is 6.99. The number of benzene rings is 1. The Bertz CT molecular complexity index is 666. The van der Waals surface area contributed by atoms with Crippen molar-refractivity contribution in [2.45, 2.75) is 24.7 Å². The molecular weight excluding hydrogens is 292 g/mol. The average Bonchev–Trinajstić information content (AvgIpc) is 2.91. The number of sulfonamides is 1. The first kappa shape index (κ1) is 14.5. The lowest BCUT2D eigenvalue weighted by Gasteiger charge is -2.26. The normalized spacial score (nSPS) is 19.6. The number of amides is 1. The van der Waals surface area contributed by atoms with Crippen molar-refractivity contribution in [3.63, 3.8) is 0 Å². The summed E-state index contributed by atoms with van der Waals surface area (Å²) in [6.45, 7) is 3.33. The van der Waals surface area contributed by atoms with E-state index in [4.69, 9.17) is 4.74 Å². The highest BCUT2D eigenvalue weighted by Crippen LogP contribution is 2.31. The summed E-state index contributed by atoms with van der Waals surface area (Å²) >= 11 is 0. The zero-order chi connectivity index (χ0) is 15.0. The zero-order valence-corrected chi connectivity index (χ0v) is 12.7. The molecule has 0 radical (unpaired) electrons. The van der Waals surface area contributed by atoms with Crippen LogP contribution in [0.3, 0.4) is 0 Å². The molecule has 1 aromatic rings. The van der Waals surface area contributed by atoms with Crippen LogP contribution in [-0.2, 0) is 26.0 Å². The van der Waals surface area contributed by atoms with Crippen LogP contribution in [0.5, 0.6) is 0 Å². The molecular formula is C14H18N2O4S. The van der Waals surface area contributed by atoms with Crippen molar-refractivity contribution in [1.29, 1.82) is 0 Å². The van der Waals surface area contributed by atoms with Gasteiger partial charge in [0, 0.05) is 32.3 Å². The van der Waals surface area contributed by atoms with Crippen molar-refractivity contribution in [2.24, 2.45) is 0 Å². The summed E-state index contributed by atoms with van der Waals surface area (Å²) in [5.41, 5.74) is 1.72. The van der Waals surface area contributed by atoms with Gasteiger partial charge in [-0.25, -0.2) is 8.42 Å². The number of hydrogen-bond donors (Lipinski definition) is 0. The molecule has 1 amide bonds. The lowest BCUT2D eigenvalue weighted by atomic mass is 10.2. The molecule has 0 aliphatic carbocycles. The maximum Gasteiger partial charge on any atom is 0.245 e. The van der Waals surface area contributed by atoms with Gasteiger partial charge in [0.05, 0.1) is 4.90 Å². The van der Waals surface area contributed by atoms with Crippen LogP contribution >= 0.6 is 0 Å². The molecule has 1 saturated heterocycles. The molecule has 1 aromatic carbocycles. The van der Waals surface area contributed by atoms with Gasteiger partial charge in [-0.3, -0.25) is 4.79 Å². The largest absolute Gasteiger partial charge is 0.365 e. The van der Waals surface area contributed by atoms with Gasteiger partial charge in [-0.15, -0.1) is 0 Å². The number of anilines is 1. The molecule has 6 nitrogen and oxygen atoms in total. The fourth-order valence-corrected chi connectivity index (χ4v) is 4.19. The molecule has 0 spiro atoms. The summed E-state index contributed by atoms with van der Waals surface area (Å²) < 4.78 is 31.7. The third-order valence-corrected chi connectivity index (χ3v) is 5.71. The highest BCUT2D eigenvalue weighted by Gasteiger charge is 2.29. The number of carbonyl (C=O) groups excluding carboxylic acids is 1. The van der Waals surface area contributed by atoms with E-state index in [1.807, 2.05) is 0 Å². The second kappa shape index (κ2) is 5.40. The molecule has 114 valence electrons. The molecule has 0 saturated carbocycles. The minimum absolute atomic E-state index is 0.0196. The molecule has 0 aromatic heterocycles. The lowest BCUT2D eigenvalue weighted by molar-refractivity contribution is -0.116. The monoisotopic (exact) mass is 310 g/mol. The van der Waals surface area contributed by atoms with E-state index < -0.39 is 10.0 Å². The Labute approximate surface area is 124 Å². The Kier molecular flexibility index (Phi) is 3.73. The second-order valence-electron chi connectivity index (χ2n) is 5.28. The fourth-order valence-electron chi connectivity index (χ4n) is 2.78. The molecule has 2 aliphatic heterocycles. The molecule has 3 rings (SSSR count). The van der Waals surface area contributed by atoms with Crippen LogP contribution in [-0.4, -0.2) is 45.1 Å². The van der Waals surface area contributed by atoms with Crippen LogP contribution in [0.2, 0.25) is 0 Å². The summed E-state index contributed by atoms with van der Waals surface area (Å²) in [7, 11) is -3.52. The molecule has 21 heavy (non-hydrogen) atoms. The van der Waals surface area contributed by atoms with E-state index in [0.717, 1.165) is 11.3 Å². The van der Waals surface area contributed by atoms with Gasteiger partial charge in [0.1, 0.15) is 6.73 Å². The van der Waals surface area contributed by atoms with E-state index in [2.05, 4.69) is 0 Å². The Hall–Kier alpha value is -1.44. The van der Waals surface area contributed by atoms with E-state index >= 15 is 0 Å². The zero-order valence-electron chi connectivity index (χ0n) is 11.9. The first-order valence-corrected chi connectivity index (χ1v) is 8.43. The van der Waals surface area contributed by atoms with E-state index in [1.165, 1.54) is 11.2 Å². The molecule has 0 bridgehead atoms. The fraction of sp³-hybridized carbons (Fsp3) is 0.500. The van der Waals surface area contributed by atoms with E-state index in [9.17, 15) is 13.2 Å². The summed E-state index contributed by atoms with van der Waals surface area (Å²) in [4.78, 5) is 13.5. The molecule has 1 fully saturated rings. The minimum atomic E-state index is -3.52. The van der Waals surface area contributed by atoms with Gasteiger partial charge >= 0.3 is 0 Å². The van der Waals surface area contributed by atoms with Crippen LogP contribution in [0.4, 0.5) is 5.69 Å². The smallest absolute Gasteiger partial charge is 0.245 e. The van der Waals surface area contributed by atoms with Gasteiger partial charge in [-0.2, -0.15) is 4.31 Å². The number of carbonyl (C=O) groups is 1. The number of fused-ring (bicyclic) bond motifs is 1. The van der Waals surface area contributed by atoms with Crippen molar-refractivity contribution in [1.82, 2.24) is 4.31 Å². The van der Waals surface area contributed by atoms with E-state index in [-0.39, 0.29) is 17.5 Å². The third kappa shape index (κ3) is 2.56. The summed E-state index contributed by atoms with van der Waals surface area (Å²) in [5, 5.41) is 0. The van der Waals surface area contributed by atoms with Crippen molar-refractivity contribution < 1.29 is 17.9 Å². The van der Waals surface area contributed by atoms with Crippen molar-refractivity contribution in [2.75, 3.05) is 31.3 Å². The first-order chi connectivity index (χ1) is 10.00. The Balaban J connectivity index is 1.92. The highest BCUT2D eigenvalue weighted by molar-refractivity contribution is 7.89. The Morgan fingerprint density at radius 1 is 1.29 bits per heavy atom. The lowest BCUT2D eigenvalue weighted by Crippen LogP contribution is -2.38. The minimum Gasteiger partial charge on any atom is -0.365 e. The predicted octanol–water partition coefficient (Wildman–Crippen LogP) is 0.964. The highest BCUT2D eigenvalue weighted by atomic mass is 32.2. The number of nitrogens with zero attached hydrogens (tertiary/aromatic N) is 2. The molecule has 0 unspecified atom stereocenters. The molecule has 0 N–H and O–H groups in total. The molecule has 2 aliphatic rings. The SMILES string of the molecule is CC(=O)N1CCc2cc(S(=O)(=O)N3CCCOC3)ccc21. The quantitative estimate of drug-likeness (QED) is 0.816. The number of hydrogen-bond acceptors (Lipinski definition) is 4. The topological polar surface area (TPSA) is 66.9 Å².